The number of benzene rings is 2. The number of carbonyl (C=O) groups is 2. The lowest BCUT2D eigenvalue weighted by atomic mass is 9.80. The average molecular weight is 463 g/mol. The molecule has 1 heterocycles. The van der Waals surface area contributed by atoms with E-state index in [1.54, 1.807) is 12.1 Å². The Kier molecular flexibility index (Phi) is 7.28. The number of piperidine rings is 1. The number of hydrogen-bond acceptors (Lipinski definition) is 4. The van der Waals surface area contributed by atoms with Crippen LogP contribution in [-0.2, 0) is 10.5 Å². The van der Waals surface area contributed by atoms with E-state index in [4.69, 9.17) is 5.26 Å². The van der Waals surface area contributed by atoms with Crippen molar-refractivity contribution < 1.29 is 14.0 Å². The van der Waals surface area contributed by atoms with Crippen molar-refractivity contribution in [1.82, 2.24) is 16.0 Å². The fourth-order valence-electron chi connectivity index (χ4n) is 5.03. The van der Waals surface area contributed by atoms with Crippen molar-refractivity contribution in [2.24, 2.45) is 0 Å². The van der Waals surface area contributed by atoms with Crippen LogP contribution in [0.2, 0.25) is 0 Å². The van der Waals surface area contributed by atoms with Crippen LogP contribution in [0.25, 0.3) is 11.1 Å². The van der Waals surface area contributed by atoms with Gasteiger partial charge in [0.1, 0.15) is 17.8 Å². The highest BCUT2D eigenvalue weighted by Crippen LogP contribution is 2.36. The van der Waals surface area contributed by atoms with Gasteiger partial charge in [0.05, 0.1) is 6.07 Å². The van der Waals surface area contributed by atoms with E-state index < -0.39 is 11.2 Å². The number of nitrogens with zero attached hydrogens (tertiary/aromatic N) is 1. The molecule has 6 nitrogen and oxygen atoms in total. The van der Waals surface area contributed by atoms with Crippen molar-refractivity contribution in [2.75, 3.05) is 19.6 Å². The molecule has 3 N–H and O–H groups in total. The van der Waals surface area contributed by atoms with Crippen LogP contribution >= 0.6 is 0 Å². The minimum absolute atomic E-state index is 0.0790. The van der Waals surface area contributed by atoms with Crippen molar-refractivity contribution in [2.45, 2.75) is 56.2 Å². The van der Waals surface area contributed by atoms with Crippen molar-refractivity contribution in [1.29, 1.82) is 5.26 Å². The van der Waals surface area contributed by atoms with Gasteiger partial charge in [-0.05, 0) is 67.6 Å². The SMILES string of the molecule is N#CCNC(=O)C1(NC(=O)c2ccc(-c3ccc(C4(F)CCNCC4)cc3)cc2)CCCCC1. The molecular formula is C27H31FN4O2. The first-order valence-electron chi connectivity index (χ1n) is 12.0. The average Bonchev–Trinajstić information content (AvgIpc) is 2.88. The molecule has 2 aliphatic rings. The van der Waals surface area contributed by atoms with E-state index in [1.165, 1.54) is 0 Å². The fraction of sp³-hybridized carbons (Fsp3) is 0.444. The molecular weight excluding hydrogens is 431 g/mol. The zero-order valence-corrected chi connectivity index (χ0v) is 19.3. The van der Waals surface area contributed by atoms with Crippen molar-refractivity contribution in [3.05, 3.63) is 59.7 Å². The first kappa shape index (κ1) is 23.9. The minimum atomic E-state index is -1.28. The molecule has 2 amide bonds. The van der Waals surface area contributed by atoms with Gasteiger partial charge in [0.25, 0.3) is 5.91 Å². The van der Waals surface area contributed by atoms with E-state index in [2.05, 4.69) is 16.0 Å². The van der Waals surface area contributed by atoms with Crippen LogP contribution in [0.5, 0.6) is 0 Å². The van der Waals surface area contributed by atoms with Gasteiger partial charge in [-0.2, -0.15) is 5.26 Å². The summed E-state index contributed by atoms with van der Waals surface area (Å²) in [5.74, 6) is -0.598. The van der Waals surface area contributed by atoms with E-state index >= 15 is 4.39 Å². The number of halogens is 1. The Bertz CT molecular complexity index is 1050. The van der Waals surface area contributed by atoms with Crippen molar-refractivity contribution >= 4 is 11.8 Å². The van der Waals surface area contributed by atoms with Crippen LogP contribution in [0.4, 0.5) is 4.39 Å². The Morgan fingerprint density at radius 1 is 0.912 bits per heavy atom. The van der Waals surface area contributed by atoms with Crippen LogP contribution in [0.15, 0.2) is 48.5 Å². The van der Waals surface area contributed by atoms with E-state index in [9.17, 15) is 9.59 Å². The van der Waals surface area contributed by atoms with Gasteiger partial charge in [0.2, 0.25) is 5.91 Å². The largest absolute Gasteiger partial charge is 0.341 e. The number of nitrogens with one attached hydrogen (secondary N) is 3. The van der Waals surface area contributed by atoms with Gasteiger partial charge in [-0.3, -0.25) is 9.59 Å². The second-order valence-electron chi connectivity index (χ2n) is 9.31. The topological polar surface area (TPSA) is 94.0 Å². The van der Waals surface area contributed by atoms with Gasteiger partial charge in [0.15, 0.2) is 0 Å². The number of amides is 2. The van der Waals surface area contributed by atoms with Gasteiger partial charge in [-0.1, -0.05) is 55.7 Å². The third-order valence-electron chi connectivity index (χ3n) is 7.10. The van der Waals surface area contributed by atoms with Crippen LogP contribution in [0.3, 0.4) is 0 Å². The van der Waals surface area contributed by atoms with Gasteiger partial charge in [-0.25, -0.2) is 4.39 Å². The van der Waals surface area contributed by atoms with Crippen LogP contribution in [0, 0.1) is 11.3 Å². The molecule has 178 valence electrons. The van der Waals surface area contributed by atoms with E-state index in [-0.39, 0.29) is 18.4 Å². The molecule has 7 heteroatoms. The quantitative estimate of drug-likeness (QED) is 0.566. The standard InChI is InChI=1S/C27H31FN4O2/c28-26(14-17-30-18-15-26)23-10-8-21(9-11-23)20-4-6-22(7-5-20)24(33)32-27(12-2-1-3-13-27)25(34)31-19-16-29/h4-11,30H,1-3,12-15,17-19H2,(H,31,34)(H,32,33). The lowest BCUT2D eigenvalue weighted by Crippen LogP contribution is -2.59. The molecule has 0 radical (unpaired) electrons. The number of nitriles is 1. The Labute approximate surface area is 199 Å². The Morgan fingerprint density at radius 2 is 1.50 bits per heavy atom. The summed E-state index contributed by atoms with van der Waals surface area (Å²) in [6.45, 7) is 1.29. The predicted molar refractivity (Wildman–Crippen MR) is 129 cm³/mol. The summed E-state index contributed by atoms with van der Waals surface area (Å²) in [6.07, 6.45) is 4.81. The van der Waals surface area contributed by atoms with Gasteiger partial charge in [0, 0.05) is 5.56 Å². The van der Waals surface area contributed by atoms with Crippen molar-refractivity contribution in [3.8, 4) is 17.2 Å². The van der Waals surface area contributed by atoms with E-state index in [0.29, 0.717) is 49.9 Å². The van der Waals surface area contributed by atoms with Crippen LogP contribution in [-0.4, -0.2) is 37.0 Å². The number of carbonyl (C=O) groups excluding carboxylic acids is 2. The van der Waals surface area contributed by atoms with Gasteiger partial charge >= 0.3 is 0 Å². The molecule has 1 saturated heterocycles. The predicted octanol–water partition coefficient (Wildman–Crippen LogP) is 3.97. The van der Waals surface area contributed by atoms with Crippen molar-refractivity contribution in [3.63, 3.8) is 0 Å². The summed E-state index contributed by atoms with van der Waals surface area (Å²) in [7, 11) is 0. The highest BCUT2D eigenvalue weighted by molar-refractivity contribution is 5.99. The molecule has 1 aliphatic carbocycles. The fourth-order valence-corrected chi connectivity index (χ4v) is 5.03. The maximum atomic E-state index is 15.2. The molecule has 0 unspecified atom stereocenters. The lowest BCUT2D eigenvalue weighted by molar-refractivity contribution is -0.128. The summed E-state index contributed by atoms with van der Waals surface area (Å²) in [5, 5.41) is 17.6. The Hall–Kier alpha value is -3.24. The zero-order chi connectivity index (χ0) is 24.0. The second kappa shape index (κ2) is 10.4. The van der Waals surface area contributed by atoms with Crippen LogP contribution < -0.4 is 16.0 Å². The molecule has 0 spiro atoms. The maximum absolute atomic E-state index is 15.2. The Balaban J connectivity index is 1.46. The lowest BCUT2D eigenvalue weighted by Gasteiger charge is -2.36. The molecule has 2 fully saturated rings. The third kappa shape index (κ3) is 5.13. The summed E-state index contributed by atoms with van der Waals surface area (Å²) in [4.78, 5) is 25.7. The third-order valence-corrected chi connectivity index (χ3v) is 7.10. The maximum Gasteiger partial charge on any atom is 0.252 e. The summed E-state index contributed by atoms with van der Waals surface area (Å²) < 4.78 is 15.2. The molecule has 0 aromatic heterocycles. The number of hydrogen-bond donors (Lipinski definition) is 3. The molecule has 0 bridgehead atoms. The first-order valence-corrected chi connectivity index (χ1v) is 12.0. The minimum Gasteiger partial charge on any atom is -0.341 e. The molecule has 4 rings (SSSR count). The Morgan fingerprint density at radius 3 is 2.09 bits per heavy atom. The summed E-state index contributed by atoms with van der Waals surface area (Å²) in [6, 6.07) is 16.7. The summed E-state index contributed by atoms with van der Waals surface area (Å²) >= 11 is 0. The molecule has 0 atom stereocenters. The van der Waals surface area contributed by atoms with E-state index in [0.717, 1.165) is 30.4 Å². The molecule has 1 saturated carbocycles. The smallest absolute Gasteiger partial charge is 0.252 e. The number of alkyl halides is 1. The second-order valence-corrected chi connectivity index (χ2v) is 9.31. The van der Waals surface area contributed by atoms with Gasteiger partial charge in [-0.15, -0.1) is 0 Å². The first-order chi connectivity index (χ1) is 16.5. The summed E-state index contributed by atoms with van der Waals surface area (Å²) in [5.41, 5.74) is 0.809. The van der Waals surface area contributed by atoms with Crippen LogP contribution in [0.1, 0.15) is 60.9 Å². The zero-order valence-electron chi connectivity index (χ0n) is 19.3. The van der Waals surface area contributed by atoms with E-state index in [1.807, 2.05) is 42.5 Å². The molecule has 1 aliphatic heterocycles. The highest BCUT2D eigenvalue weighted by Gasteiger charge is 2.40. The highest BCUT2D eigenvalue weighted by atomic mass is 19.1. The van der Waals surface area contributed by atoms with Gasteiger partial charge < -0.3 is 16.0 Å². The molecule has 2 aromatic rings. The molecule has 2 aromatic carbocycles. The normalized spacial score (nSPS) is 18.9. The molecule has 34 heavy (non-hydrogen) atoms. The monoisotopic (exact) mass is 462 g/mol. The number of rotatable bonds is 6.